The number of nitrogens with zero attached hydrogens (tertiary/aromatic N) is 8. The van der Waals surface area contributed by atoms with E-state index < -0.39 is 78.6 Å². The van der Waals surface area contributed by atoms with Gasteiger partial charge in [0.1, 0.15) is 59.8 Å². The van der Waals surface area contributed by atoms with Gasteiger partial charge >= 0.3 is 11.9 Å². The summed E-state index contributed by atoms with van der Waals surface area (Å²) in [6, 6.07) is 32.0. The molecule has 90 heavy (non-hydrogen) atoms. The highest BCUT2D eigenvalue weighted by atomic mass is 32.2. The molecular formula is C64H46F6N8O10S2. The van der Waals surface area contributed by atoms with Gasteiger partial charge < -0.3 is 28.8 Å². The molecule has 2 aliphatic heterocycles. The first kappa shape index (κ1) is 61.2. The molecule has 0 amide bonds. The standard InChI is InChI=1S/2C32H23F3N4O5S/c2*33-24-10-18(15-36)4-5-20(24)16-44-31-3-1-2-27(38-31)23-14-25(34)21(11-26(23)35)13-30-37-28-7-6-19(32(40)41)12-29(28)39(30)22-8-9-45(42,43)17-22/h2*1-7,10-12,14,22H,8-9,13,16-17H2,(H,40,41). The molecule has 2 saturated heterocycles. The molecule has 18 nitrogen and oxygen atoms in total. The van der Waals surface area contributed by atoms with Gasteiger partial charge in [0.25, 0.3) is 0 Å². The average Bonchev–Trinajstić information content (AvgIpc) is 1.62. The van der Waals surface area contributed by atoms with Gasteiger partial charge in [-0.3, -0.25) is 0 Å². The van der Waals surface area contributed by atoms with Crippen molar-refractivity contribution in [2.75, 3.05) is 23.0 Å². The summed E-state index contributed by atoms with van der Waals surface area (Å²) < 4.78 is 154. The topological polar surface area (TPSA) is 270 Å². The summed E-state index contributed by atoms with van der Waals surface area (Å²) in [7, 11) is -6.66. The van der Waals surface area contributed by atoms with Crippen LogP contribution in [0.4, 0.5) is 26.3 Å². The van der Waals surface area contributed by atoms with E-state index in [1.165, 1.54) is 97.1 Å². The van der Waals surface area contributed by atoms with Crippen LogP contribution in [0.1, 0.15) is 90.7 Å². The van der Waals surface area contributed by atoms with Crippen LogP contribution in [-0.4, -0.2) is 91.1 Å². The Morgan fingerprint density at radius 2 is 0.900 bits per heavy atom. The van der Waals surface area contributed by atoms with Crippen molar-refractivity contribution in [1.82, 2.24) is 29.1 Å². The first-order valence-corrected chi connectivity index (χ1v) is 31.1. The summed E-state index contributed by atoms with van der Waals surface area (Å²) >= 11 is 0. The van der Waals surface area contributed by atoms with Gasteiger partial charge in [0, 0.05) is 47.2 Å². The van der Waals surface area contributed by atoms with E-state index in [1.807, 2.05) is 12.1 Å². The summed E-state index contributed by atoms with van der Waals surface area (Å²) in [4.78, 5) is 40.8. The number of benzene rings is 6. The molecular weight excluding hydrogens is 1220 g/mol. The summed E-state index contributed by atoms with van der Waals surface area (Å²) in [5.41, 5.74) is 2.01. The van der Waals surface area contributed by atoms with E-state index in [4.69, 9.17) is 20.0 Å². The van der Waals surface area contributed by atoms with Crippen LogP contribution < -0.4 is 9.47 Å². The van der Waals surface area contributed by atoms with Crippen LogP contribution in [0.5, 0.6) is 11.8 Å². The monoisotopic (exact) mass is 1260 g/mol. The maximum absolute atomic E-state index is 15.5. The van der Waals surface area contributed by atoms with Gasteiger partial charge in [-0.2, -0.15) is 10.5 Å². The van der Waals surface area contributed by atoms with Crippen LogP contribution in [0, 0.1) is 57.6 Å². The van der Waals surface area contributed by atoms with Crippen LogP contribution >= 0.6 is 0 Å². The first-order chi connectivity index (χ1) is 43.0. The van der Waals surface area contributed by atoms with Crippen molar-refractivity contribution in [2.45, 2.75) is 51.0 Å². The molecule has 6 aromatic carbocycles. The van der Waals surface area contributed by atoms with Gasteiger partial charge in [-0.25, -0.2) is 72.7 Å². The molecule has 12 rings (SSSR count). The van der Waals surface area contributed by atoms with Gasteiger partial charge in [-0.1, -0.05) is 24.3 Å². The molecule has 2 atom stereocenters. The van der Waals surface area contributed by atoms with E-state index in [2.05, 4.69) is 19.9 Å². The number of carboxylic acid groups (broad SMARTS) is 2. The smallest absolute Gasteiger partial charge is 0.335 e. The van der Waals surface area contributed by atoms with Crippen molar-refractivity contribution < 1.29 is 72.5 Å². The number of hydrogen-bond donors (Lipinski definition) is 2. The lowest BCUT2D eigenvalue weighted by Gasteiger charge is -2.16. The number of carbonyl (C=O) groups is 2. The van der Waals surface area contributed by atoms with Crippen molar-refractivity contribution in [3.05, 3.63) is 225 Å². The summed E-state index contributed by atoms with van der Waals surface area (Å²) in [6.07, 6.45) is 0.165. The maximum Gasteiger partial charge on any atom is 0.335 e. The summed E-state index contributed by atoms with van der Waals surface area (Å²) in [5, 5.41) is 36.8. The Labute approximate surface area is 508 Å². The zero-order chi connectivity index (χ0) is 63.8. The molecule has 0 saturated carbocycles. The third kappa shape index (κ3) is 13.2. The lowest BCUT2D eigenvalue weighted by molar-refractivity contribution is 0.0686. The van der Waals surface area contributed by atoms with Crippen LogP contribution in [0.15, 0.2) is 133 Å². The van der Waals surface area contributed by atoms with Crippen molar-refractivity contribution in [1.29, 1.82) is 10.5 Å². The molecule has 6 heterocycles. The van der Waals surface area contributed by atoms with E-state index in [1.54, 1.807) is 9.13 Å². The van der Waals surface area contributed by atoms with E-state index in [9.17, 15) is 45.4 Å². The average molecular weight is 1270 g/mol. The van der Waals surface area contributed by atoms with Gasteiger partial charge in [0.15, 0.2) is 19.7 Å². The Kier molecular flexibility index (Phi) is 17.0. The highest BCUT2D eigenvalue weighted by molar-refractivity contribution is 7.91. The van der Waals surface area contributed by atoms with Gasteiger partial charge in [-0.05, 0) is 121 Å². The number of ether oxygens (including phenoxy) is 2. The Hall–Kier alpha value is -10.4. The largest absolute Gasteiger partial charge is 0.478 e. The number of aromatic nitrogens is 6. The lowest BCUT2D eigenvalue weighted by atomic mass is 10.0. The maximum atomic E-state index is 15.5. The number of imidazole rings is 2. The zero-order valence-corrected chi connectivity index (χ0v) is 48.4. The number of nitriles is 2. The number of hydrogen-bond acceptors (Lipinski definition) is 14. The van der Waals surface area contributed by atoms with E-state index in [0.717, 1.165) is 36.4 Å². The van der Waals surface area contributed by atoms with E-state index >= 15 is 17.6 Å². The minimum atomic E-state index is -3.33. The lowest BCUT2D eigenvalue weighted by Crippen LogP contribution is -2.15. The van der Waals surface area contributed by atoms with E-state index in [-0.39, 0.29) is 152 Å². The van der Waals surface area contributed by atoms with Crippen LogP contribution in [0.2, 0.25) is 0 Å². The van der Waals surface area contributed by atoms with Crippen molar-refractivity contribution in [3.63, 3.8) is 0 Å². The Balaban J connectivity index is 0.000000185. The SMILES string of the molecule is N#Cc1ccc(COc2cccc(-c3cc(F)c(Cc4nc5ccc(C(=O)O)cc5n4C4CCS(=O)(=O)C4)cc3F)n2)c(F)c1.N#Cc1ccc(COc2cccc(-c3cc(F)c(Cc4nc5ccc(C(=O)O)cc5n4C4CCS(=O)(=O)C4)cc3F)n2)c(F)c1. The number of aromatic carboxylic acids is 2. The molecule has 456 valence electrons. The molecule has 2 fully saturated rings. The van der Waals surface area contributed by atoms with Crippen LogP contribution in [0.3, 0.4) is 0 Å². The van der Waals surface area contributed by atoms with Gasteiger partial charge in [0.2, 0.25) is 11.8 Å². The second-order valence-corrected chi connectivity index (χ2v) is 25.7. The highest BCUT2D eigenvalue weighted by Gasteiger charge is 2.34. The predicted octanol–water partition coefficient (Wildman–Crippen LogP) is 11.2. The number of rotatable bonds is 16. The molecule has 0 bridgehead atoms. The molecule has 0 aliphatic carbocycles. The number of halogens is 6. The third-order valence-corrected chi connectivity index (χ3v) is 18.8. The Morgan fingerprint density at radius 3 is 1.26 bits per heavy atom. The van der Waals surface area contributed by atoms with Gasteiger partial charge in [0.05, 0.1) is 103 Å². The zero-order valence-electron chi connectivity index (χ0n) is 46.7. The molecule has 2 unspecified atom stereocenters. The second-order valence-electron chi connectivity index (χ2n) is 21.3. The molecule has 2 N–H and O–H groups in total. The minimum Gasteiger partial charge on any atom is -0.478 e. The molecule has 4 aromatic heterocycles. The van der Waals surface area contributed by atoms with Gasteiger partial charge in [-0.15, -0.1) is 0 Å². The number of fused-ring (bicyclic) bond motifs is 2. The van der Waals surface area contributed by atoms with Crippen LogP contribution in [-0.2, 0) is 45.7 Å². The number of carboxylic acids is 2. The summed E-state index contributed by atoms with van der Waals surface area (Å²) in [6.45, 7) is -0.415. The highest BCUT2D eigenvalue weighted by Crippen LogP contribution is 2.36. The quantitative estimate of drug-likeness (QED) is 0.0851. The molecule has 0 spiro atoms. The third-order valence-electron chi connectivity index (χ3n) is 15.2. The Morgan fingerprint density at radius 1 is 0.500 bits per heavy atom. The summed E-state index contributed by atoms with van der Waals surface area (Å²) in [5.74, 6) is -6.52. The molecule has 2 aliphatic rings. The van der Waals surface area contributed by atoms with Crippen molar-refractivity contribution in [2.24, 2.45) is 0 Å². The fourth-order valence-corrected chi connectivity index (χ4v) is 14.2. The molecule has 10 aromatic rings. The number of sulfone groups is 2. The molecule has 0 radical (unpaired) electrons. The first-order valence-electron chi connectivity index (χ1n) is 27.4. The fraction of sp³-hybridized carbons (Fsp3) is 0.188. The van der Waals surface area contributed by atoms with Crippen LogP contribution in [0.25, 0.3) is 44.6 Å². The van der Waals surface area contributed by atoms with Crippen molar-refractivity contribution >= 4 is 53.7 Å². The molecule has 26 heteroatoms. The fourth-order valence-electron chi connectivity index (χ4n) is 10.8. The normalized spacial score (nSPS) is 15.6. The second kappa shape index (κ2) is 25.0. The van der Waals surface area contributed by atoms with E-state index in [0.29, 0.717) is 22.1 Å². The minimum absolute atomic E-state index is 0.0154. The van der Waals surface area contributed by atoms with Crippen molar-refractivity contribution in [3.8, 4) is 46.4 Å². The predicted molar refractivity (Wildman–Crippen MR) is 314 cm³/mol. The Bertz CT molecular complexity index is 4590. The number of pyridine rings is 2.